The van der Waals surface area contributed by atoms with E-state index in [1.54, 1.807) is 37.3 Å². The number of nitrogens with zero attached hydrogens (tertiary/aromatic N) is 1. The Morgan fingerprint density at radius 3 is 2.03 bits per heavy atom. The van der Waals surface area contributed by atoms with Crippen molar-refractivity contribution in [3.8, 4) is 0 Å². The van der Waals surface area contributed by atoms with Crippen LogP contribution in [0.1, 0.15) is 37.9 Å². The van der Waals surface area contributed by atoms with Crippen molar-refractivity contribution in [1.29, 1.82) is 0 Å². The fraction of sp³-hybridized carbons (Fsp3) is 0.318. The van der Waals surface area contributed by atoms with Gasteiger partial charge in [-0.3, -0.25) is 9.59 Å². The van der Waals surface area contributed by atoms with Crippen LogP contribution in [0, 0.1) is 6.92 Å². The van der Waals surface area contributed by atoms with Gasteiger partial charge in [-0.2, -0.15) is 0 Å². The lowest BCUT2D eigenvalue weighted by Gasteiger charge is -2.37. The predicted octanol–water partition coefficient (Wildman–Crippen LogP) is 2.01. The summed E-state index contributed by atoms with van der Waals surface area (Å²) < 4.78 is 32.2. The number of nitrogens with two attached hydrogens (primary N) is 1. The van der Waals surface area contributed by atoms with E-state index in [9.17, 15) is 27.9 Å². The highest BCUT2D eigenvalue weighted by Gasteiger charge is 2.50. The third-order valence-electron chi connectivity index (χ3n) is 4.84. The summed E-state index contributed by atoms with van der Waals surface area (Å²) in [6, 6.07) is 12.5. The summed E-state index contributed by atoms with van der Waals surface area (Å²) in [5, 5.41) is 9.74. The average Bonchev–Trinajstić information content (AvgIpc) is 2.71. The first-order valence-electron chi connectivity index (χ1n) is 9.67. The van der Waals surface area contributed by atoms with Gasteiger partial charge in [-0.15, -0.1) is 0 Å². The summed E-state index contributed by atoms with van der Waals surface area (Å²) in [5.41, 5.74) is 5.13. The van der Waals surface area contributed by atoms with Crippen LogP contribution in [0.2, 0.25) is 0 Å². The first kappa shape index (κ1) is 25.0. The minimum atomic E-state index is -4.66. The Labute approximate surface area is 186 Å². The van der Waals surface area contributed by atoms with Gasteiger partial charge < -0.3 is 15.6 Å². The van der Waals surface area contributed by atoms with Crippen molar-refractivity contribution in [2.75, 3.05) is 0 Å². The fourth-order valence-corrected chi connectivity index (χ4v) is 4.73. The Bertz CT molecular complexity index is 1100. The second-order valence-corrected chi connectivity index (χ2v) is 9.54. The molecule has 0 spiro atoms. The third-order valence-corrected chi connectivity index (χ3v) is 6.82. The van der Waals surface area contributed by atoms with Crippen LogP contribution < -0.4 is 5.73 Å². The van der Waals surface area contributed by atoms with Crippen LogP contribution in [0.5, 0.6) is 0 Å². The molecule has 32 heavy (non-hydrogen) atoms. The molecule has 0 aliphatic carbocycles. The van der Waals surface area contributed by atoms with Gasteiger partial charge in [0.1, 0.15) is 0 Å². The number of sulfonamides is 1. The van der Waals surface area contributed by atoms with Gasteiger partial charge in [0.15, 0.2) is 11.6 Å². The number of hydrogen-bond donors (Lipinski definition) is 2. The molecule has 0 bridgehead atoms. The van der Waals surface area contributed by atoms with Crippen LogP contribution in [0.15, 0.2) is 59.5 Å². The number of carbonyl (C=O) groups excluding carboxylic acids is 2. The number of hydrogen-bond acceptors (Lipinski definition) is 7. The Kier molecular flexibility index (Phi) is 7.42. The van der Waals surface area contributed by atoms with Crippen molar-refractivity contribution in [1.82, 2.24) is 4.31 Å². The molecule has 0 heterocycles. The molecule has 10 heteroatoms. The molecule has 2 aromatic carbocycles. The molecule has 0 aromatic heterocycles. The van der Waals surface area contributed by atoms with E-state index in [0.29, 0.717) is 5.56 Å². The standard InChI is InChI=1S/C22H26N2O7S/c1-14-10-12-17(13-11-14)32(29,30)24(22(3,4)21(27)28)20(26)19(31-15(2)25)18(23)16-8-6-5-7-9-16/h5-13,18-19H,23H2,1-4H3,(H,27,28)/t18-,19?/m1/s1. The van der Waals surface area contributed by atoms with Gasteiger partial charge in [0.05, 0.1) is 10.9 Å². The lowest BCUT2D eigenvalue weighted by atomic mass is 9.99. The maximum Gasteiger partial charge on any atom is 0.330 e. The number of carbonyl (C=O) groups is 3. The minimum absolute atomic E-state index is 0.226. The monoisotopic (exact) mass is 462 g/mol. The largest absolute Gasteiger partial charge is 0.479 e. The van der Waals surface area contributed by atoms with E-state index in [-0.39, 0.29) is 9.20 Å². The summed E-state index contributed by atoms with van der Waals surface area (Å²) in [5.74, 6) is -3.73. The zero-order chi connectivity index (χ0) is 24.3. The van der Waals surface area contributed by atoms with E-state index in [4.69, 9.17) is 10.5 Å². The molecule has 2 aromatic rings. The molecule has 0 radical (unpaired) electrons. The summed E-state index contributed by atoms with van der Waals surface area (Å²) in [6.45, 7) is 4.92. The molecule has 0 saturated heterocycles. The lowest BCUT2D eigenvalue weighted by Crippen LogP contribution is -2.60. The number of ether oxygens (including phenoxy) is 1. The van der Waals surface area contributed by atoms with Gasteiger partial charge >= 0.3 is 11.9 Å². The number of aliphatic carboxylic acids is 1. The molecular weight excluding hydrogens is 436 g/mol. The molecule has 1 unspecified atom stereocenters. The minimum Gasteiger partial charge on any atom is -0.479 e. The van der Waals surface area contributed by atoms with Crippen LogP contribution in [-0.4, -0.2) is 47.3 Å². The average molecular weight is 463 g/mol. The van der Waals surface area contributed by atoms with Crippen LogP contribution >= 0.6 is 0 Å². The highest BCUT2D eigenvalue weighted by Crippen LogP contribution is 2.30. The first-order chi connectivity index (χ1) is 14.8. The molecule has 0 fully saturated rings. The summed E-state index contributed by atoms with van der Waals surface area (Å²) >= 11 is 0. The van der Waals surface area contributed by atoms with Gasteiger partial charge in [0.25, 0.3) is 15.9 Å². The molecule has 172 valence electrons. The maximum absolute atomic E-state index is 13.6. The number of benzene rings is 2. The highest BCUT2D eigenvalue weighted by atomic mass is 32.2. The van der Waals surface area contributed by atoms with E-state index in [2.05, 4.69) is 0 Å². The Balaban J connectivity index is 2.67. The maximum atomic E-state index is 13.6. The number of amides is 1. The highest BCUT2D eigenvalue weighted by molar-refractivity contribution is 7.89. The molecule has 3 N–H and O–H groups in total. The second-order valence-electron chi connectivity index (χ2n) is 7.75. The Hall–Kier alpha value is -3.24. The molecule has 9 nitrogen and oxygen atoms in total. The SMILES string of the molecule is CC(=O)OC(C(=O)N(C(C)(C)C(=O)O)S(=O)(=O)c1ccc(C)cc1)[C@H](N)c1ccccc1. The van der Waals surface area contributed by atoms with Crippen LogP contribution in [0.4, 0.5) is 0 Å². The first-order valence-corrected chi connectivity index (χ1v) is 11.1. The molecule has 0 aliphatic heterocycles. The quantitative estimate of drug-likeness (QED) is 0.567. The van der Waals surface area contributed by atoms with Crippen LogP contribution in [0.25, 0.3) is 0 Å². The molecule has 0 aliphatic rings. The molecule has 2 atom stereocenters. The van der Waals surface area contributed by atoms with E-state index in [0.717, 1.165) is 26.3 Å². The van der Waals surface area contributed by atoms with Gasteiger partial charge in [-0.05, 0) is 38.5 Å². The van der Waals surface area contributed by atoms with Crippen molar-refractivity contribution in [2.24, 2.45) is 5.73 Å². The van der Waals surface area contributed by atoms with E-state index >= 15 is 0 Å². The van der Waals surface area contributed by atoms with Gasteiger partial charge in [0.2, 0.25) is 0 Å². The summed E-state index contributed by atoms with van der Waals surface area (Å²) in [7, 11) is -4.66. The van der Waals surface area contributed by atoms with Crippen molar-refractivity contribution in [3.63, 3.8) is 0 Å². The molecular formula is C22H26N2O7S. The number of esters is 1. The van der Waals surface area contributed by atoms with E-state index in [1.807, 2.05) is 0 Å². The third kappa shape index (κ3) is 5.14. The number of rotatable bonds is 8. The smallest absolute Gasteiger partial charge is 0.330 e. The zero-order valence-corrected chi connectivity index (χ0v) is 19.0. The van der Waals surface area contributed by atoms with Crippen LogP contribution in [-0.2, 0) is 29.1 Å². The summed E-state index contributed by atoms with van der Waals surface area (Å²) in [4.78, 5) is 37.0. The van der Waals surface area contributed by atoms with Gasteiger partial charge in [0, 0.05) is 6.92 Å². The molecule has 2 rings (SSSR count). The number of aryl methyl sites for hydroxylation is 1. The van der Waals surface area contributed by atoms with Crippen LogP contribution in [0.3, 0.4) is 0 Å². The van der Waals surface area contributed by atoms with E-state index in [1.165, 1.54) is 24.3 Å². The van der Waals surface area contributed by atoms with E-state index < -0.39 is 45.6 Å². The Morgan fingerprint density at radius 2 is 1.56 bits per heavy atom. The number of carboxylic acids is 1. The molecule has 0 saturated carbocycles. The normalized spacial score (nSPS) is 13.7. The van der Waals surface area contributed by atoms with Gasteiger partial charge in [-0.1, -0.05) is 48.0 Å². The fourth-order valence-electron chi connectivity index (χ4n) is 3.02. The topological polar surface area (TPSA) is 144 Å². The predicted molar refractivity (Wildman–Crippen MR) is 116 cm³/mol. The second kappa shape index (κ2) is 9.49. The number of carboxylic acid groups (broad SMARTS) is 1. The van der Waals surface area contributed by atoms with Gasteiger partial charge in [-0.25, -0.2) is 17.5 Å². The lowest BCUT2D eigenvalue weighted by molar-refractivity contribution is -0.163. The van der Waals surface area contributed by atoms with Crippen molar-refractivity contribution in [2.45, 2.75) is 50.3 Å². The van der Waals surface area contributed by atoms with Crippen molar-refractivity contribution >= 4 is 27.9 Å². The Morgan fingerprint density at radius 1 is 1.03 bits per heavy atom. The summed E-state index contributed by atoms with van der Waals surface area (Å²) in [6.07, 6.45) is -1.78. The molecule has 1 amide bonds. The van der Waals surface area contributed by atoms with Crippen molar-refractivity contribution < 1.29 is 32.6 Å². The van der Waals surface area contributed by atoms with Crippen molar-refractivity contribution in [3.05, 3.63) is 65.7 Å². The zero-order valence-electron chi connectivity index (χ0n) is 18.2.